The monoisotopic (exact) mass is 669 g/mol. The molecule has 0 aliphatic rings. The summed E-state index contributed by atoms with van der Waals surface area (Å²) >= 11 is 0. The standard InChI is InChI=1S/C40H63NO7/c1-6-8-10-12-14-15-16-17-18-19-20-21-22-23-25-27-29-31-39(43)48-36(34-46-33-32-37(40(44)45)41(3,4)5)35-47-38(42)30-28-26-24-13-11-9-7-2/h8-11,14-15,17-18,20-21,23-26,36-37H,6-7,12-13,16,19,22,27-35H2,1-5H3/b10-8+,11-9+,15-14+,18-17+,21-20+,25-23+,26-24+. The van der Waals surface area contributed by atoms with Gasteiger partial charge >= 0.3 is 11.9 Å². The molecule has 0 saturated heterocycles. The molecule has 8 nitrogen and oxygen atoms in total. The first-order chi connectivity index (χ1) is 23.1. The number of aliphatic carboxylic acids is 1. The number of ether oxygens (including phenoxy) is 3. The fourth-order valence-electron chi connectivity index (χ4n) is 4.34. The molecule has 0 spiro atoms. The molecule has 0 aliphatic heterocycles. The van der Waals surface area contributed by atoms with Gasteiger partial charge in [0.1, 0.15) is 12.6 Å². The summed E-state index contributed by atoms with van der Waals surface area (Å²) in [6, 6.07) is -0.745. The summed E-state index contributed by atoms with van der Waals surface area (Å²) in [6.07, 6.45) is 38.0. The van der Waals surface area contributed by atoms with Crippen molar-refractivity contribution in [2.45, 2.75) is 109 Å². The van der Waals surface area contributed by atoms with Crippen LogP contribution in [0.15, 0.2) is 85.1 Å². The Labute approximate surface area is 291 Å². The molecule has 48 heavy (non-hydrogen) atoms. The Balaban J connectivity index is 4.58. The lowest BCUT2D eigenvalue weighted by molar-refractivity contribution is -0.889. The van der Waals surface area contributed by atoms with E-state index in [0.29, 0.717) is 12.8 Å². The van der Waals surface area contributed by atoms with Crippen LogP contribution in [0.5, 0.6) is 0 Å². The molecule has 270 valence electrons. The van der Waals surface area contributed by atoms with Gasteiger partial charge in [-0.15, -0.1) is 0 Å². The molecule has 0 aromatic rings. The van der Waals surface area contributed by atoms with Crippen LogP contribution in [0.4, 0.5) is 0 Å². The zero-order valence-electron chi connectivity index (χ0n) is 30.4. The molecule has 0 radical (unpaired) electrons. The SMILES string of the molecule is CC/C=C/C/C=C/C/C=C/C/C=C/C/C=C/CCCC(=O)OC(COCCC(C(=O)[O-])[N+](C)(C)C)COC(=O)CC/C=C/C/C=C/CC. The van der Waals surface area contributed by atoms with E-state index in [-0.39, 0.29) is 49.5 Å². The Morgan fingerprint density at radius 1 is 0.625 bits per heavy atom. The zero-order chi connectivity index (χ0) is 35.7. The Morgan fingerprint density at radius 2 is 1.10 bits per heavy atom. The van der Waals surface area contributed by atoms with Gasteiger partial charge in [0, 0.05) is 19.3 Å². The second kappa shape index (κ2) is 30.8. The number of esters is 2. The van der Waals surface area contributed by atoms with Crippen LogP contribution in [0.25, 0.3) is 0 Å². The second-order valence-electron chi connectivity index (χ2n) is 12.3. The molecule has 0 aliphatic carbocycles. The molecule has 2 unspecified atom stereocenters. The van der Waals surface area contributed by atoms with Gasteiger partial charge in [-0.3, -0.25) is 9.59 Å². The van der Waals surface area contributed by atoms with E-state index in [2.05, 4.69) is 86.8 Å². The molecular weight excluding hydrogens is 606 g/mol. The first kappa shape index (κ1) is 44.5. The van der Waals surface area contributed by atoms with Gasteiger partial charge in [0.15, 0.2) is 6.10 Å². The lowest BCUT2D eigenvalue weighted by Crippen LogP contribution is -2.55. The maximum Gasteiger partial charge on any atom is 0.306 e. The number of hydrogen-bond acceptors (Lipinski definition) is 7. The summed E-state index contributed by atoms with van der Waals surface area (Å²) in [4.78, 5) is 36.4. The molecule has 0 aromatic heterocycles. The number of likely N-dealkylation sites (N-methyl/N-ethyl adjacent to an activating group) is 1. The fraction of sp³-hybridized carbons (Fsp3) is 0.575. The molecule has 2 atom stereocenters. The smallest absolute Gasteiger partial charge is 0.306 e. The Hall–Kier alpha value is -3.49. The maximum atomic E-state index is 12.6. The van der Waals surface area contributed by atoms with Crippen LogP contribution in [-0.2, 0) is 28.6 Å². The van der Waals surface area contributed by atoms with Gasteiger partial charge in [-0.1, -0.05) is 98.9 Å². The van der Waals surface area contributed by atoms with E-state index in [4.69, 9.17) is 14.2 Å². The average Bonchev–Trinajstić information content (AvgIpc) is 3.03. The van der Waals surface area contributed by atoms with Crippen molar-refractivity contribution in [3.63, 3.8) is 0 Å². The number of hydrogen-bond donors (Lipinski definition) is 0. The predicted molar refractivity (Wildman–Crippen MR) is 194 cm³/mol. The molecule has 0 bridgehead atoms. The van der Waals surface area contributed by atoms with Gasteiger partial charge in [-0.25, -0.2) is 0 Å². The molecular formula is C40H63NO7. The van der Waals surface area contributed by atoms with Gasteiger partial charge in [0.2, 0.25) is 0 Å². The van der Waals surface area contributed by atoms with Gasteiger partial charge in [0.25, 0.3) is 0 Å². The lowest BCUT2D eigenvalue weighted by Gasteiger charge is -2.34. The van der Waals surface area contributed by atoms with Crippen molar-refractivity contribution >= 4 is 17.9 Å². The van der Waals surface area contributed by atoms with Gasteiger partial charge < -0.3 is 28.6 Å². The van der Waals surface area contributed by atoms with E-state index in [0.717, 1.165) is 51.4 Å². The van der Waals surface area contributed by atoms with Crippen LogP contribution in [0, 0.1) is 0 Å². The second-order valence-corrected chi connectivity index (χ2v) is 12.3. The summed E-state index contributed by atoms with van der Waals surface area (Å²) in [5.41, 5.74) is 0. The largest absolute Gasteiger partial charge is 0.544 e. The van der Waals surface area contributed by atoms with E-state index in [1.165, 1.54) is 0 Å². The minimum atomic E-state index is -1.15. The quantitative estimate of drug-likeness (QED) is 0.0357. The third-order valence-electron chi connectivity index (χ3n) is 7.04. The highest BCUT2D eigenvalue weighted by atomic mass is 16.6. The molecule has 0 N–H and O–H groups in total. The Morgan fingerprint density at radius 3 is 1.58 bits per heavy atom. The molecule has 0 heterocycles. The third kappa shape index (κ3) is 28.7. The number of nitrogens with zero attached hydrogens (tertiary/aromatic N) is 1. The lowest BCUT2D eigenvalue weighted by atomic mass is 10.1. The van der Waals surface area contributed by atoms with Crippen molar-refractivity contribution in [1.82, 2.24) is 0 Å². The fourth-order valence-corrected chi connectivity index (χ4v) is 4.34. The molecule has 0 amide bonds. The number of carboxylic acid groups (broad SMARTS) is 1. The highest BCUT2D eigenvalue weighted by Gasteiger charge is 2.25. The van der Waals surface area contributed by atoms with Crippen molar-refractivity contribution in [3.8, 4) is 0 Å². The highest BCUT2D eigenvalue weighted by Crippen LogP contribution is 2.09. The van der Waals surface area contributed by atoms with Crippen LogP contribution in [-0.4, -0.2) is 75.5 Å². The summed E-state index contributed by atoms with van der Waals surface area (Å²) in [6.45, 7) is 4.22. The summed E-state index contributed by atoms with van der Waals surface area (Å²) < 4.78 is 16.8. The minimum absolute atomic E-state index is 0.00559. The van der Waals surface area contributed by atoms with E-state index >= 15 is 0 Å². The number of rotatable bonds is 29. The topological polar surface area (TPSA) is 102 Å². The molecule has 0 rings (SSSR count). The predicted octanol–water partition coefficient (Wildman–Crippen LogP) is 7.29. The number of carbonyl (C=O) groups is 3. The average molecular weight is 670 g/mol. The minimum Gasteiger partial charge on any atom is -0.544 e. The van der Waals surface area contributed by atoms with Crippen LogP contribution in [0.1, 0.15) is 97.3 Å². The molecule has 0 fully saturated rings. The zero-order valence-corrected chi connectivity index (χ0v) is 30.4. The highest BCUT2D eigenvalue weighted by molar-refractivity contribution is 5.70. The van der Waals surface area contributed by atoms with E-state index < -0.39 is 24.1 Å². The van der Waals surface area contributed by atoms with Crippen LogP contribution < -0.4 is 5.11 Å². The normalized spacial score (nSPS) is 14.1. The first-order valence-electron chi connectivity index (χ1n) is 17.6. The molecule has 0 saturated carbocycles. The summed E-state index contributed by atoms with van der Waals surface area (Å²) in [5, 5.41) is 11.5. The van der Waals surface area contributed by atoms with Crippen molar-refractivity contribution in [3.05, 3.63) is 85.1 Å². The van der Waals surface area contributed by atoms with Gasteiger partial charge in [-0.05, 0) is 64.2 Å². The maximum absolute atomic E-state index is 12.6. The van der Waals surface area contributed by atoms with Crippen LogP contribution in [0.2, 0.25) is 0 Å². The van der Waals surface area contributed by atoms with Gasteiger partial charge in [0.05, 0.1) is 40.3 Å². The number of carboxylic acids is 1. The van der Waals surface area contributed by atoms with E-state index in [1.807, 2.05) is 12.2 Å². The first-order valence-corrected chi connectivity index (χ1v) is 17.6. The van der Waals surface area contributed by atoms with Gasteiger partial charge in [-0.2, -0.15) is 0 Å². The van der Waals surface area contributed by atoms with Crippen molar-refractivity contribution in [2.24, 2.45) is 0 Å². The van der Waals surface area contributed by atoms with E-state index in [1.54, 1.807) is 21.1 Å². The van der Waals surface area contributed by atoms with E-state index in [9.17, 15) is 19.5 Å². The van der Waals surface area contributed by atoms with Crippen LogP contribution >= 0.6 is 0 Å². The Bertz CT molecular complexity index is 1060. The van der Waals surface area contributed by atoms with Crippen molar-refractivity contribution < 1.29 is 38.2 Å². The molecule has 0 aromatic carbocycles. The summed E-state index contributed by atoms with van der Waals surface area (Å²) in [7, 11) is 5.34. The number of unbranched alkanes of at least 4 members (excludes halogenated alkanes) is 1. The Kier molecular flexibility index (Phi) is 28.6. The van der Waals surface area contributed by atoms with Crippen LogP contribution in [0.3, 0.4) is 0 Å². The van der Waals surface area contributed by atoms with Crippen molar-refractivity contribution in [1.29, 1.82) is 0 Å². The number of allylic oxidation sites excluding steroid dienone is 14. The third-order valence-corrected chi connectivity index (χ3v) is 7.04. The van der Waals surface area contributed by atoms with Crippen molar-refractivity contribution in [2.75, 3.05) is 41.0 Å². The molecule has 8 heteroatoms. The number of quaternary nitrogens is 1. The number of carbonyl (C=O) groups excluding carboxylic acids is 3. The summed E-state index contributed by atoms with van der Waals surface area (Å²) in [5.74, 6) is -1.93.